The monoisotopic (exact) mass is 371 g/mol. The maximum atomic E-state index is 12.3. The molecular formula is C20H25N3O4. The van der Waals surface area contributed by atoms with E-state index in [1.165, 1.54) is 0 Å². The highest BCUT2D eigenvalue weighted by Gasteiger charge is 2.19. The first-order chi connectivity index (χ1) is 13.0. The summed E-state index contributed by atoms with van der Waals surface area (Å²) in [5.74, 6) is -0.850. The van der Waals surface area contributed by atoms with Crippen molar-refractivity contribution in [2.75, 3.05) is 18.4 Å². The normalized spacial score (nSPS) is 17.3. The van der Waals surface area contributed by atoms with Crippen molar-refractivity contribution < 1.29 is 19.5 Å². The van der Waals surface area contributed by atoms with E-state index in [1.807, 2.05) is 12.1 Å². The van der Waals surface area contributed by atoms with Gasteiger partial charge < -0.3 is 21.1 Å². The Morgan fingerprint density at radius 2 is 2.00 bits per heavy atom. The number of carbonyl (C=O) groups excluding carboxylic acids is 2. The molecule has 2 aliphatic rings. The van der Waals surface area contributed by atoms with Crippen molar-refractivity contribution in [2.45, 2.75) is 38.6 Å². The zero-order chi connectivity index (χ0) is 19.2. The third kappa shape index (κ3) is 5.40. The number of amides is 2. The summed E-state index contributed by atoms with van der Waals surface area (Å²) in [7, 11) is 0. The number of hydrogen-bond donors (Lipinski definition) is 4. The van der Waals surface area contributed by atoms with Gasteiger partial charge >= 0.3 is 5.97 Å². The van der Waals surface area contributed by atoms with Crippen molar-refractivity contribution in [1.82, 2.24) is 10.6 Å². The number of anilines is 1. The summed E-state index contributed by atoms with van der Waals surface area (Å²) in [4.78, 5) is 35.2. The van der Waals surface area contributed by atoms with Gasteiger partial charge in [0.1, 0.15) is 0 Å². The first kappa shape index (κ1) is 19.1. The van der Waals surface area contributed by atoms with Gasteiger partial charge in [-0.1, -0.05) is 6.07 Å². The van der Waals surface area contributed by atoms with E-state index in [9.17, 15) is 14.4 Å². The van der Waals surface area contributed by atoms with E-state index in [0.717, 1.165) is 43.5 Å². The molecule has 27 heavy (non-hydrogen) atoms. The van der Waals surface area contributed by atoms with Crippen molar-refractivity contribution in [3.63, 3.8) is 0 Å². The highest BCUT2D eigenvalue weighted by Crippen LogP contribution is 2.23. The second-order valence-corrected chi connectivity index (χ2v) is 7.12. The number of carboxylic acids is 1. The highest BCUT2D eigenvalue weighted by molar-refractivity contribution is 6.02. The zero-order valence-corrected chi connectivity index (χ0v) is 15.2. The molecule has 1 fully saturated rings. The summed E-state index contributed by atoms with van der Waals surface area (Å²) in [5.41, 5.74) is 2.50. The Hall–Kier alpha value is -2.67. The number of piperidine rings is 1. The van der Waals surface area contributed by atoms with Crippen LogP contribution in [0.4, 0.5) is 5.69 Å². The number of carboxylic acid groups (broad SMARTS) is 1. The smallest absolute Gasteiger partial charge is 0.308 e. The predicted molar refractivity (Wildman–Crippen MR) is 102 cm³/mol. The topological polar surface area (TPSA) is 108 Å². The predicted octanol–water partition coefficient (Wildman–Crippen LogP) is 1.89. The molecule has 0 atom stereocenters. The van der Waals surface area contributed by atoms with Crippen LogP contribution in [0.2, 0.25) is 0 Å². The third-order valence-corrected chi connectivity index (χ3v) is 5.07. The van der Waals surface area contributed by atoms with Crippen LogP contribution in [0.1, 0.15) is 43.2 Å². The molecule has 0 spiro atoms. The molecule has 0 aromatic heterocycles. The molecule has 2 aliphatic heterocycles. The molecule has 0 radical (unpaired) electrons. The van der Waals surface area contributed by atoms with Crippen LogP contribution in [0.15, 0.2) is 23.8 Å². The van der Waals surface area contributed by atoms with Crippen molar-refractivity contribution in [2.24, 2.45) is 5.92 Å². The number of nitrogens with one attached hydrogen (secondary N) is 3. The summed E-state index contributed by atoms with van der Waals surface area (Å²) < 4.78 is 0. The van der Waals surface area contributed by atoms with Crippen LogP contribution in [-0.4, -0.2) is 36.0 Å². The van der Waals surface area contributed by atoms with Gasteiger partial charge in [-0.15, -0.1) is 0 Å². The summed E-state index contributed by atoms with van der Waals surface area (Å²) >= 11 is 0. The molecule has 0 saturated carbocycles. The van der Waals surface area contributed by atoms with E-state index < -0.39 is 5.97 Å². The maximum absolute atomic E-state index is 12.3. The summed E-state index contributed by atoms with van der Waals surface area (Å²) in [6, 6.07) is 5.45. The summed E-state index contributed by atoms with van der Waals surface area (Å²) in [5, 5.41) is 17.9. The molecule has 2 amide bonds. The lowest BCUT2D eigenvalue weighted by Gasteiger charge is -2.22. The maximum Gasteiger partial charge on any atom is 0.308 e. The number of rotatable bonds is 6. The van der Waals surface area contributed by atoms with Crippen LogP contribution < -0.4 is 16.0 Å². The molecule has 144 valence electrons. The Kier molecular flexibility index (Phi) is 6.24. The standard InChI is InChI=1S/C20H25N3O4/c24-18(4-1-13-5-7-21-8-6-13)23-17-3-2-14-12-22-20(27)16(11-19(25)26)9-15(14)10-17/h2-3,9-10,13,21H,1,4-8,11-12H2,(H,22,27)(H,23,24)(H,25,26). The second kappa shape index (κ2) is 8.81. The van der Waals surface area contributed by atoms with Crippen LogP contribution in [-0.2, 0) is 20.9 Å². The molecule has 7 heteroatoms. The number of benzene rings is 1. The van der Waals surface area contributed by atoms with Gasteiger partial charge in [-0.25, -0.2) is 0 Å². The van der Waals surface area contributed by atoms with E-state index in [4.69, 9.17) is 5.11 Å². The Balaban J connectivity index is 1.65. The lowest BCUT2D eigenvalue weighted by atomic mass is 9.93. The Bertz CT molecular complexity index is 766. The van der Waals surface area contributed by atoms with Gasteiger partial charge in [-0.2, -0.15) is 0 Å². The molecule has 1 aromatic carbocycles. The lowest BCUT2D eigenvalue weighted by molar-refractivity contribution is -0.137. The number of aliphatic carboxylic acids is 1. The Morgan fingerprint density at radius 1 is 1.22 bits per heavy atom. The molecular weight excluding hydrogens is 346 g/mol. The molecule has 4 N–H and O–H groups in total. The molecule has 1 saturated heterocycles. The second-order valence-electron chi connectivity index (χ2n) is 7.12. The minimum absolute atomic E-state index is 0.0222. The van der Waals surface area contributed by atoms with Crippen LogP contribution in [0.3, 0.4) is 0 Å². The van der Waals surface area contributed by atoms with Gasteiger partial charge in [0.2, 0.25) is 11.8 Å². The SMILES string of the molecule is O=C(O)CC1=Cc2cc(NC(=O)CCC3CCNCC3)ccc2CNC1=O. The first-order valence-corrected chi connectivity index (χ1v) is 9.35. The molecule has 0 aliphatic carbocycles. The Morgan fingerprint density at radius 3 is 2.74 bits per heavy atom. The lowest BCUT2D eigenvalue weighted by Crippen LogP contribution is -2.28. The van der Waals surface area contributed by atoms with E-state index in [0.29, 0.717) is 24.6 Å². The Labute approximate surface area is 158 Å². The average Bonchev–Trinajstić information content (AvgIpc) is 2.79. The van der Waals surface area contributed by atoms with E-state index in [1.54, 1.807) is 12.1 Å². The van der Waals surface area contributed by atoms with Crippen molar-refractivity contribution in [3.05, 3.63) is 34.9 Å². The number of fused-ring (bicyclic) bond motifs is 1. The number of hydrogen-bond acceptors (Lipinski definition) is 4. The fraction of sp³-hybridized carbons (Fsp3) is 0.450. The largest absolute Gasteiger partial charge is 0.481 e. The molecule has 0 unspecified atom stereocenters. The van der Waals surface area contributed by atoms with Gasteiger partial charge in [-0.3, -0.25) is 14.4 Å². The first-order valence-electron chi connectivity index (χ1n) is 9.35. The number of carbonyl (C=O) groups is 3. The molecule has 0 bridgehead atoms. The van der Waals surface area contributed by atoms with Crippen LogP contribution >= 0.6 is 0 Å². The third-order valence-electron chi connectivity index (χ3n) is 5.07. The molecule has 2 heterocycles. The highest BCUT2D eigenvalue weighted by atomic mass is 16.4. The van der Waals surface area contributed by atoms with Crippen LogP contribution in [0.5, 0.6) is 0 Å². The van der Waals surface area contributed by atoms with Gasteiger partial charge in [-0.05, 0) is 67.6 Å². The van der Waals surface area contributed by atoms with E-state index in [2.05, 4.69) is 16.0 Å². The van der Waals surface area contributed by atoms with Crippen LogP contribution in [0, 0.1) is 5.92 Å². The summed E-state index contributed by atoms with van der Waals surface area (Å²) in [6.45, 7) is 2.38. The van der Waals surface area contributed by atoms with Crippen molar-refractivity contribution in [3.8, 4) is 0 Å². The zero-order valence-electron chi connectivity index (χ0n) is 15.2. The van der Waals surface area contributed by atoms with Gasteiger partial charge in [0.05, 0.1) is 6.42 Å². The average molecular weight is 371 g/mol. The summed E-state index contributed by atoms with van der Waals surface area (Å²) in [6.07, 6.45) is 4.87. The minimum Gasteiger partial charge on any atom is -0.481 e. The molecule has 1 aromatic rings. The van der Waals surface area contributed by atoms with Gasteiger partial charge in [0.25, 0.3) is 0 Å². The quantitative estimate of drug-likeness (QED) is 0.611. The minimum atomic E-state index is -1.05. The van der Waals surface area contributed by atoms with Gasteiger partial charge in [0.15, 0.2) is 0 Å². The van der Waals surface area contributed by atoms with E-state index in [-0.39, 0.29) is 23.8 Å². The van der Waals surface area contributed by atoms with Crippen molar-refractivity contribution in [1.29, 1.82) is 0 Å². The van der Waals surface area contributed by atoms with Crippen molar-refractivity contribution >= 4 is 29.5 Å². The van der Waals surface area contributed by atoms with E-state index >= 15 is 0 Å². The molecule has 3 rings (SSSR count). The van der Waals surface area contributed by atoms with Gasteiger partial charge in [0, 0.05) is 24.2 Å². The fourth-order valence-electron chi connectivity index (χ4n) is 3.53. The fourth-order valence-corrected chi connectivity index (χ4v) is 3.53. The van der Waals surface area contributed by atoms with Crippen LogP contribution in [0.25, 0.3) is 6.08 Å². The molecule has 7 nitrogen and oxygen atoms in total.